The zero-order valence-corrected chi connectivity index (χ0v) is 10.8. The smallest absolute Gasteiger partial charge is 0.172 e. The minimum absolute atomic E-state index is 0.0221. The van der Waals surface area contributed by atoms with E-state index >= 15 is 0 Å². The molecule has 4 heteroatoms. The Morgan fingerprint density at radius 3 is 2.89 bits per heavy atom. The summed E-state index contributed by atoms with van der Waals surface area (Å²) >= 11 is 0. The van der Waals surface area contributed by atoms with Gasteiger partial charge in [-0.3, -0.25) is 0 Å². The Kier molecular flexibility index (Phi) is 2.17. The molecule has 0 amide bonds. The summed E-state index contributed by atoms with van der Waals surface area (Å²) in [6, 6.07) is 6.06. The fourth-order valence-corrected chi connectivity index (χ4v) is 2.67. The summed E-state index contributed by atoms with van der Waals surface area (Å²) in [7, 11) is 1.66. The van der Waals surface area contributed by atoms with E-state index in [0.717, 1.165) is 29.1 Å². The van der Waals surface area contributed by atoms with Crippen molar-refractivity contribution in [1.29, 1.82) is 0 Å². The summed E-state index contributed by atoms with van der Waals surface area (Å²) in [4.78, 5) is 0. The summed E-state index contributed by atoms with van der Waals surface area (Å²) < 4.78 is 10.7. The fourth-order valence-electron chi connectivity index (χ4n) is 2.67. The molecule has 1 aromatic heterocycles. The molecule has 0 atom stereocenters. The lowest BCUT2D eigenvalue weighted by atomic mass is 9.72. The van der Waals surface area contributed by atoms with Crippen LogP contribution in [0.25, 0.3) is 11.3 Å². The van der Waals surface area contributed by atoms with E-state index in [0.29, 0.717) is 5.82 Å². The number of nitrogen functional groups attached to an aromatic ring is 1. The zero-order chi connectivity index (χ0) is 12.9. The van der Waals surface area contributed by atoms with E-state index < -0.39 is 0 Å². The van der Waals surface area contributed by atoms with Gasteiger partial charge in [0, 0.05) is 11.1 Å². The van der Waals surface area contributed by atoms with Gasteiger partial charge in [0.15, 0.2) is 11.6 Å². The molecule has 0 spiro atoms. The van der Waals surface area contributed by atoms with Crippen LogP contribution in [0.4, 0.5) is 5.82 Å². The van der Waals surface area contributed by atoms with Crippen LogP contribution in [0.2, 0.25) is 0 Å². The maximum Gasteiger partial charge on any atom is 0.172 e. The van der Waals surface area contributed by atoms with Gasteiger partial charge in [-0.05, 0) is 29.5 Å². The van der Waals surface area contributed by atoms with E-state index in [1.165, 1.54) is 5.56 Å². The molecule has 0 unspecified atom stereocenters. The maximum absolute atomic E-state index is 5.87. The van der Waals surface area contributed by atoms with Crippen LogP contribution in [0.1, 0.15) is 25.0 Å². The third-order valence-electron chi connectivity index (χ3n) is 3.64. The van der Waals surface area contributed by atoms with Gasteiger partial charge in [-0.1, -0.05) is 25.1 Å². The van der Waals surface area contributed by atoms with E-state index in [-0.39, 0.29) is 5.41 Å². The highest BCUT2D eigenvalue weighted by Crippen LogP contribution is 2.45. The number of aromatic nitrogens is 1. The van der Waals surface area contributed by atoms with Crippen molar-refractivity contribution in [3.63, 3.8) is 0 Å². The summed E-state index contributed by atoms with van der Waals surface area (Å²) in [6.45, 7) is 4.40. The van der Waals surface area contributed by atoms with Crippen molar-refractivity contribution in [2.24, 2.45) is 0 Å². The molecular weight excluding hydrogens is 228 g/mol. The number of rotatable bonds is 1. The number of nitrogens with zero attached hydrogens (tertiary/aromatic N) is 1. The second-order valence-corrected chi connectivity index (χ2v) is 5.35. The van der Waals surface area contributed by atoms with Crippen LogP contribution in [-0.4, -0.2) is 12.3 Å². The number of hydrogen-bond acceptors (Lipinski definition) is 4. The number of ether oxygens (including phenoxy) is 1. The topological polar surface area (TPSA) is 61.3 Å². The Labute approximate surface area is 106 Å². The number of fused-ring (bicyclic) bond motifs is 3. The highest BCUT2D eigenvalue weighted by atomic mass is 16.5. The van der Waals surface area contributed by atoms with Crippen LogP contribution in [0.5, 0.6) is 5.75 Å². The first-order valence-electron chi connectivity index (χ1n) is 5.96. The third-order valence-corrected chi connectivity index (χ3v) is 3.64. The van der Waals surface area contributed by atoms with Gasteiger partial charge in [-0.15, -0.1) is 0 Å². The monoisotopic (exact) mass is 244 g/mol. The summed E-state index contributed by atoms with van der Waals surface area (Å²) in [5, 5.41) is 3.88. The van der Waals surface area contributed by atoms with Crippen LogP contribution < -0.4 is 10.5 Å². The Hall–Kier alpha value is -1.97. The van der Waals surface area contributed by atoms with Crippen LogP contribution in [-0.2, 0) is 11.8 Å². The minimum Gasteiger partial charge on any atom is -0.497 e. The van der Waals surface area contributed by atoms with E-state index in [2.05, 4.69) is 25.1 Å². The van der Waals surface area contributed by atoms with Gasteiger partial charge in [0.1, 0.15) is 5.75 Å². The van der Waals surface area contributed by atoms with Crippen LogP contribution in [0, 0.1) is 0 Å². The molecule has 0 saturated heterocycles. The third kappa shape index (κ3) is 1.41. The lowest BCUT2D eigenvalue weighted by molar-refractivity contribution is 0.410. The van der Waals surface area contributed by atoms with Crippen molar-refractivity contribution < 1.29 is 9.26 Å². The van der Waals surface area contributed by atoms with Crippen LogP contribution in [0.15, 0.2) is 22.7 Å². The molecule has 94 valence electrons. The number of anilines is 1. The van der Waals surface area contributed by atoms with Gasteiger partial charge in [0.2, 0.25) is 0 Å². The second-order valence-electron chi connectivity index (χ2n) is 5.35. The molecule has 1 heterocycles. The van der Waals surface area contributed by atoms with Gasteiger partial charge in [0.25, 0.3) is 0 Å². The van der Waals surface area contributed by atoms with Crippen molar-refractivity contribution in [2.45, 2.75) is 25.7 Å². The van der Waals surface area contributed by atoms with Gasteiger partial charge < -0.3 is 15.0 Å². The predicted molar refractivity (Wildman–Crippen MR) is 69.6 cm³/mol. The van der Waals surface area contributed by atoms with E-state index in [9.17, 15) is 0 Å². The first-order chi connectivity index (χ1) is 8.53. The Balaban J connectivity index is 2.30. The average Bonchev–Trinajstić information content (AvgIpc) is 2.70. The van der Waals surface area contributed by atoms with Crippen molar-refractivity contribution in [2.75, 3.05) is 12.8 Å². The summed E-state index contributed by atoms with van der Waals surface area (Å²) in [5.41, 5.74) is 9.17. The zero-order valence-electron chi connectivity index (χ0n) is 10.8. The highest BCUT2D eigenvalue weighted by molar-refractivity contribution is 5.75. The normalized spacial score (nSPS) is 15.9. The quantitative estimate of drug-likeness (QED) is 0.837. The summed E-state index contributed by atoms with van der Waals surface area (Å²) in [6.07, 6.45) is 0.844. The standard InChI is InChI=1S/C14H16N2O2/c1-14(2)7-10-12(18-16-13(10)15)9-6-8(17-3)4-5-11(9)14/h4-6H,7H2,1-3H3,(H2,15,16). The molecule has 0 saturated carbocycles. The average molecular weight is 244 g/mol. The molecule has 0 radical (unpaired) electrons. The molecule has 1 aliphatic rings. The van der Waals surface area contributed by atoms with Crippen molar-refractivity contribution >= 4 is 5.82 Å². The van der Waals surface area contributed by atoms with Gasteiger partial charge >= 0.3 is 0 Å². The fraction of sp³-hybridized carbons (Fsp3) is 0.357. The molecule has 18 heavy (non-hydrogen) atoms. The van der Waals surface area contributed by atoms with E-state index in [1.54, 1.807) is 7.11 Å². The van der Waals surface area contributed by atoms with E-state index in [1.807, 2.05) is 12.1 Å². The molecular formula is C14H16N2O2. The molecule has 2 aromatic rings. The van der Waals surface area contributed by atoms with Gasteiger partial charge in [0.05, 0.1) is 7.11 Å². The number of methoxy groups -OCH3 is 1. The van der Waals surface area contributed by atoms with Gasteiger partial charge in [-0.2, -0.15) is 0 Å². The predicted octanol–water partition coefficient (Wildman–Crippen LogP) is 2.77. The lowest BCUT2D eigenvalue weighted by Crippen LogP contribution is -2.25. The highest BCUT2D eigenvalue weighted by Gasteiger charge is 2.35. The number of nitrogens with two attached hydrogens (primary N) is 1. The molecule has 0 bridgehead atoms. The Bertz CT molecular complexity index is 614. The molecule has 0 aliphatic heterocycles. The first kappa shape index (κ1) is 11.1. The van der Waals surface area contributed by atoms with Crippen molar-refractivity contribution in [3.8, 4) is 17.1 Å². The van der Waals surface area contributed by atoms with Crippen molar-refractivity contribution in [1.82, 2.24) is 5.16 Å². The second kappa shape index (κ2) is 3.51. The largest absolute Gasteiger partial charge is 0.497 e. The Morgan fingerprint density at radius 2 is 2.17 bits per heavy atom. The number of benzene rings is 1. The molecule has 1 aromatic carbocycles. The molecule has 1 aliphatic carbocycles. The maximum atomic E-state index is 5.87. The Morgan fingerprint density at radius 1 is 1.39 bits per heavy atom. The molecule has 4 nitrogen and oxygen atoms in total. The van der Waals surface area contributed by atoms with Crippen LogP contribution >= 0.6 is 0 Å². The molecule has 2 N–H and O–H groups in total. The van der Waals surface area contributed by atoms with Crippen molar-refractivity contribution in [3.05, 3.63) is 29.3 Å². The lowest BCUT2D eigenvalue weighted by Gasteiger charge is -2.31. The van der Waals surface area contributed by atoms with Crippen LogP contribution in [0.3, 0.4) is 0 Å². The minimum atomic E-state index is 0.0221. The summed E-state index contributed by atoms with van der Waals surface area (Å²) in [5.74, 6) is 2.08. The number of hydrogen-bond donors (Lipinski definition) is 1. The van der Waals surface area contributed by atoms with E-state index in [4.69, 9.17) is 15.0 Å². The molecule has 3 rings (SSSR count). The van der Waals surface area contributed by atoms with Gasteiger partial charge in [-0.25, -0.2) is 0 Å². The SMILES string of the molecule is COc1ccc2c(c1)-c1onc(N)c1CC2(C)C. The molecule has 0 fully saturated rings. The first-order valence-corrected chi connectivity index (χ1v) is 5.96.